The number of alkyl halides is 3. The zero-order chi connectivity index (χ0) is 13.4. The minimum atomic E-state index is -4.87. The molecule has 0 radical (unpaired) electrons. The quantitative estimate of drug-likeness (QED) is 0.440. The van der Waals surface area contributed by atoms with E-state index in [2.05, 4.69) is 4.74 Å². The van der Waals surface area contributed by atoms with E-state index in [-0.39, 0.29) is 16.9 Å². The van der Waals surface area contributed by atoms with Crippen LogP contribution in [0.25, 0.3) is 12.2 Å². The maximum atomic E-state index is 13.1. The second kappa shape index (κ2) is 3.97. The fraction of sp³-hybridized carbons (Fsp3) is 0.167. The molecule has 0 N–H and O–H groups in total. The predicted octanol–water partition coefficient (Wildman–Crippen LogP) is 0.509. The minimum absolute atomic E-state index is 0.276. The number of hydrogen-bond donors (Lipinski definition) is 0. The highest BCUT2D eigenvalue weighted by Gasteiger charge is 2.59. The monoisotopic (exact) mass is 256 g/mol. The van der Waals surface area contributed by atoms with Gasteiger partial charge >= 0.3 is 18.6 Å². The van der Waals surface area contributed by atoms with E-state index in [0.717, 1.165) is 12.2 Å². The first-order valence-corrected chi connectivity index (χ1v) is 4.93. The number of ether oxygens (including phenoxy) is 1. The van der Waals surface area contributed by atoms with Crippen LogP contribution in [0, 0.1) is 5.41 Å². The molecule has 0 spiro atoms. The van der Waals surface area contributed by atoms with Gasteiger partial charge in [0.25, 0.3) is 0 Å². The van der Waals surface area contributed by atoms with E-state index < -0.39 is 17.6 Å². The third-order valence-electron chi connectivity index (χ3n) is 2.72. The molecular weight excluding hydrogens is 249 g/mol. The van der Waals surface area contributed by atoms with Crippen molar-refractivity contribution in [2.24, 2.45) is 5.41 Å². The molecule has 1 aliphatic carbocycles. The number of fused-ring (bicyclic) bond motifs is 1. The third-order valence-corrected chi connectivity index (χ3v) is 2.72. The summed E-state index contributed by atoms with van der Waals surface area (Å²) in [5.74, 6) is -1.65. The van der Waals surface area contributed by atoms with Gasteiger partial charge in [0, 0.05) is 0 Å². The standard InChI is InChI=1S/C12H7F3O3/c13-12(14,15)11(10(17)18-7-16)5-8-3-1-2-4-9(8)6-11/h1-7H. The Hall–Kier alpha value is -2.11. The number of esters is 1. The van der Waals surface area contributed by atoms with Gasteiger partial charge in [-0.15, -0.1) is 0 Å². The summed E-state index contributed by atoms with van der Waals surface area (Å²) in [4.78, 5) is 21.5. The third kappa shape index (κ3) is 1.70. The van der Waals surface area contributed by atoms with Crippen LogP contribution < -0.4 is 10.4 Å². The number of rotatable bonds is 2. The van der Waals surface area contributed by atoms with Crippen LogP contribution in [0.4, 0.5) is 13.2 Å². The van der Waals surface area contributed by atoms with Crippen molar-refractivity contribution in [2.75, 3.05) is 0 Å². The molecule has 1 aromatic carbocycles. The molecule has 3 nitrogen and oxygen atoms in total. The molecule has 18 heavy (non-hydrogen) atoms. The summed E-state index contributed by atoms with van der Waals surface area (Å²) in [6.45, 7) is -0.305. The first-order valence-electron chi connectivity index (χ1n) is 4.93. The van der Waals surface area contributed by atoms with E-state index in [0.29, 0.717) is 0 Å². The van der Waals surface area contributed by atoms with Crippen molar-refractivity contribution in [3.05, 3.63) is 34.7 Å². The van der Waals surface area contributed by atoms with Gasteiger partial charge in [-0.1, -0.05) is 24.3 Å². The van der Waals surface area contributed by atoms with Crippen molar-refractivity contribution in [3.8, 4) is 0 Å². The van der Waals surface area contributed by atoms with Crippen LogP contribution in [-0.4, -0.2) is 18.6 Å². The van der Waals surface area contributed by atoms with Gasteiger partial charge in [0.2, 0.25) is 5.41 Å². The molecule has 1 aliphatic rings. The van der Waals surface area contributed by atoms with Crippen LogP contribution in [0.1, 0.15) is 0 Å². The van der Waals surface area contributed by atoms with E-state index in [1.807, 2.05) is 0 Å². The van der Waals surface area contributed by atoms with Crippen molar-refractivity contribution in [2.45, 2.75) is 6.18 Å². The van der Waals surface area contributed by atoms with Gasteiger partial charge in [-0.25, -0.2) is 4.79 Å². The topological polar surface area (TPSA) is 43.4 Å². The smallest absolute Gasteiger partial charge is 0.394 e. The number of carbonyl (C=O) groups is 2. The molecule has 0 aliphatic heterocycles. The normalized spacial score (nSPS) is 16.2. The van der Waals surface area contributed by atoms with Crippen molar-refractivity contribution < 1.29 is 27.5 Å². The molecule has 0 amide bonds. The van der Waals surface area contributed by atoms with E-state index in [1.54, 1.807) is 12.1 Å². The van der Waals surface area contributed by atoms with Crippen molar-refractivity contribution >= 4 is 24.6 Å². The minimum Gasteiger partial charge on any atom is -0.394 e. The van der Waals surface area contributed by atoms with Crippen LogP contribution in [0.2, 0.25) is 0 Å². The van der Waals surface area contributed by atoms with Crippen LogP contribution >= 0.6 is 0 Å². The Labute approximate surface area is 99.2 Å². The van der Waals surface area contributed by atoms with Gasteiger partial charge < -0.3 is 4.74 Å². The SMILES string of the molecule is O=COC(=O)C1(C(F)(F)F)C=c2ccccc2=C1. The van der Waals surface area contributed by atoms with Gasteiger partial charge in [0.05, 0.1) is 0 Å². The van der Waals surface area contributed by atoms with E-state index in [4.69, 9.17) is 0 Å². The fourth-order valence-corrected chi connectivity index (χ4v) is 1.84. The molecule has 2 rings (SSSR count). The van der Waals surface area contributed by atoms with E-state index in [9.17, 15) is 22.8 Å². The number of benzene rings is 1. The van der Waals surface area contributed by atoms with Crippen molar-refractivity contribution in [1.29, 1.82) is 0 Å². The summed E-state index contributed by atoms with van der Waals surface area (Å²) in [7, 11) is 0. The molecule has 0 fully saturated rings. The number of hydrogen-bond acceptors (Lipinski definition) is 3. The molecule has 0 unspecified atom stereocenters. The molecule has 0 bridgehead atoms. The Morgan fingerprint density at radius 2 is 1.67 bits per heavy atom. The second-order valence-corrected chi connectivity index (χ2v) is 3.79. The summed E-state index contributed by atoms with van der Waals surface area (Å²) in [5, 5.41) is 0.551. The highest BCUT2D eigenvalue weighted by molar-refractivity contribution is 5.96. The zero-order valence-corrected chi connectivity index (χ0v) is 8.90. The Morgan fingerprint density at radius 1 is 1.17 bits per heavy atom. The average Bonchev–Trinajstić information content (AvgIpc) is 2.69. The summed E-state index contributed by atoms with van der Waals surface area (Å²) < 4.78 is 43.1. The lowest BCUT2D eigenvalue weighted by Gasteiger charge is -2.24. The Morgan fingerprint density at radius 3 is 2.06 bits per heavy atom. The van der Waals surface area contributed by atoms with Crippen LogP contribution in [0.5, 0.6) is 0 Å². The zero-order valence-electron chi connectivity index (χ0n) is 8.90. The van der Waals surface area contributed by atoms with E-state index in [1.165, 1.54) is 12.1 Å². The van der Waals surface area contributed by atoms with E-state index >= 15 is 0 Å². The molecule has 1 aromatic rings. The molecule has 0 saturated carbocycles. The molecule has 0 heterocycles. The highest BCUT2D eigenvalue weighted by Crippen LogP contribution is 2.43. The number of halogens is 3. The summed E-state index contributed by atoms with van der Waals surface area (Å²) in [6.07, 6.45) is -3.35. The van der Waals surface area contributed by atoms with Gasteiger partial charge in [-0.05, 0) is 22.6 Å². The van der Waals surface area contributed by atoms with Crippen LogP contribution in [-0.2, 0) is 14.3 Å². The molecule has 0 saturated heterocycles. The Bertz CT molecular complexity index is 581. The second-order valence-electron chi connectivity index (χ2n) is 3.79. The molecule has 0 aromatic heterocycles. The summed E-state index contributed by atoms with van der Waals surface area (Å²) >= 11 is 0. The van der Waals surface area contributed by atoms with Gasteiger partial charge in [0.1, 0.15) is 0 Å². The van der Waals surface area contributed by atoms with Crippen LogP contribution in [0.3, 0.4) is 0 Å². The predicted molar refractivity (Wildman–Crippen MR) is 55.3 cm³/mol. The lowest BCUT2D eigenvalue weighted by atomic mass is 9.89. The molecule has 0 atom stereocenters. The molecular formula is C12H7F3O3. The first kappa shape index (κ1) is 12.3. The Balaban J connectivity index is 2.66. The van der Waals surface area contributed by atoms with Gasteiger partial charge in [-0.2, -0.15) is 13.2 Å². The van der Waals surface area contributed by atoms with Gasteiger partial charge in [0.15, 0.2) is 0 Å². The largest absolute Gasteiger partial charge is 0.411 e. The number of carbonyl (C=O) groups excluding carboxylic acids is 2. The maximum absolute atomic E-state index is 13.1. The van der Waals surface area contributed by atoms with Crippen LogP contribution in [0.15, 0.2) is 24.3 Å². The van der Waals surface area contributed by atoms with Gasteiger partial charge in [-0.3, -0.25) is 4.79 Å². The fourth-order valence-electron chi connectivity index (χ4n) is 1.84. The Kier molecular flexibility index (Phi) is 2.73. The molecule has 94 valence electrons. The lowest BCUT2D eigenvalue weighted by molar-refractivity contribution is -0.198. The highest BCUT2D eigenvalue weighted by atomic mass is 19.4. The molecule has 6 heteroatoms. The average molecular weight is 256 g/mol. The summed E-state index contributed by atoms with van der Waals surface area (Å²) in [5.41, 5.74) is -2.89. The van der Waals surface area contributed by atoms with Crippen molar-refractivity contribution in [1.82, 2.24) is 0 Å². The summed E-state index contributed by atoms with van der Waals surface area (Å²) in [6, 6.07) is 6.02. The first-order chi connectivity index (χ1) is 8.40. The maximum Gasteiger partial charge on any atom is 0.411 e. The van der Waals surface area contributed by atoms with Crippen molar-refractivity contribution in [3.63, 3.8) is 0 Å². The lowest BCUT2D eigenvalue weighted by Crippen LogP contribution is -2.41.